The normalized spacial score (nSPS) is 15.8. The number of aromatic carboxylic acids is 1. The van der Waals surface area contributed by atoms with Crippen molar-refractivity contribution in [1.82, 2.24) is 4.57 Å². The molecular weight excluding hydrogens is 423 g/mol. The Morgan fingerprint density at radius 1 is 1.17 bits per heavy atom. The van der Waals surface area contributed by atoms with E-state index in [-0.39, 0.29) is 23.9 Å². The van der Waals surface area contributed by atoms with Gasteiger partial charge in [0.1, 0.15) is 0 Å². The van der Waals surface area contributed by atoms with Crippen molar-refractivity contribution in [2.45, 2.75) is 64.3 Å². The topological polar surface area (TPSA) is 85.3 Å². The molecular formula is C23H28Cl2N2O3. The van der Waals surface area contributed by atoms with Crippen molar-refractivity contribution in [3.63, 3.8) is 0 Å². The molecule has 1 unspecified atom stereocenters. The molecule has 5 nitrogen and oxygen atoms in total. The van der Waals surface area contributed by atoms with Gasteiger partial charge in [0.05, 0.1) is 15.6 Å². The van der Waals surface area contributed by atoms with E-state index in [1.165, 1.54) is 32.1 Å². The smallest absolute Gasteiger partial charge is 0.337 e. The third-order valence-electron chi connectivity index (χ3n) is 6.16. The molecule has 1 aromatic heterocycles. The van der Waals surface area contributed by atoms with Crippen molar-refractivity contribution >= 4 is 35.1 Å². The summed E-state index contributed by atoms with van der Waals surface area (Å²) in [4.78, 5) is 23.4. The Hall–Kier alpha value is -1.98. The second kappa shape index (κ2) is 9.88. The van der Waals surface area contributed by atoms with Gasteiger partial charge < -0.3 is 15.4 Å². The largest absolute Gasteiger partial charge is 0.478 e. The SMILES string of the molecule is Cc1c(C(=O)O)cc(-c2ccc(Cl)c(Cl)c2)n1C(CCC(N)=O)CC1CCCCC1. The van der Waals surface area contributed by atoms with Gasteiger partial charge in [0.25, 0.3) is 0 Å². The highest BCUT2D eigenvalue weighted by Crippen LogP contribution is 2.39. The number of primary amides is 1. The Balaban J connectivity index is 2.08. The molecule has 0 saturated heterocycles. The summed E-state index contributed by atoms with van der Waals surface area (Å²) < 4.78 is 2.07. The van der Waals surface area contributed by atoms with Gasteiger partial charge in [0.2, 0.25) is 5.91 Å². The van der Waals surface area contributed by atoms with Gasteiger partial charge >= 0.3 is 5.97 Å². The summed E-state index contributed by atoms with van der Waals surface area (Å²) in [5, 5.41) is 10.6. The summed E-state index contributed by atoms with van der Waals surface area (Å²) in [6.07, 6.45) is 7.78. The summed E-state index contributed by atoms with van der Waals surface area (Å²) in [7, 11) is 0. The van der Waals surface area contributed by atoms with Crippen molar-refractivity contribution in [3.8, 4) is 11.3 Å². The maximum atomic E-state index is 11.9. The quantitative estimate of drug-likeness (QED) is 0.498. The molecule has 30 heavy (non-hydrogen) atoms. The van der Waals surface area contributed by atoms with Crippen molar-refractivity contribution < 1.29 is 14.7 Å². The number of hydrogen-bond donors (Lipinski definition) is 2. The lowest BCUT2D eigenvalue weighted by atomic mass is 9.83. The van der Waals surface area contributed by atoms with Crippen LogP contribution in [0, 0.1) is 12.8 Å². The highest BCUT2D eigenvalue weighted by atomic mass is 35.5. The zero-order chi connectivity index (χ0) is 21.8. The molecule has 0 spiro atoms. The fourth-order valence-electron chi connectivity index (χ4n) is 4.65. The molecule has 1 saturated carbocycles. The van der Waals surface area contributed by atoms with Crippen LogP contribution in [0.15, 0.2) is 24.3 Å². The monoisotopic (exact) mass is 450 g/mol. The molecule has 1 aliphatic rings. The van der Waals surface area contributed by atoms with Gasteiger partial charge in [0.15, 0.2) is 0 Å². The summed E-state index contributed by atoms with van der Waals surface area (Å²) >= 11 is 12.3. The van der Waals surface area contributed by atoms with Crippen LogP contribution in [0.5, 0.6) is 0 Å². The number of rotatable bonds is 8. The molecule has 0 bridgehead atoms. The molecule has 2 aromatic rings. The summed E-state index contributed by atoms with van der Waals surface area (Å²) in [6, 6.07) is 6.99. The molecule has 1 aliphatic carbocycles. The van der Waals surface area contributed by atoms with Gasteiger partial charge in [-0.1, -0.05) is 61.4 Å². The third-order valence-corrected chi connectivity index (χ3v) is 6.90. The van der Waals surface area contributed by atoms with Crippen molar-refractivity contribution in [2.24, 2.45) is 11.7 Å². The maximum absolute atomic E-state index is 11.9. The molecule has 0 aliphatic heterocycles. The number of nitrogens with zero attached hydrogens (tertiary/aromatic N) is 1. The van der Waals surface area contributed by atoms with E-state index in [9.17, 15) is 14.7 Å². The van der Waals surface area contributed by atoms with E-state index in [1.807, 2.05) is 13.0 Å². The first-order chi connectivity index (χ1) is 14.3. The van der Waals surface area contributed by atoms with Crippen molar-refractivity contribution in [2.75, 3.05) is 0 Å². The third kappa shape index (κ3) is 5.19. The minimum absolute atomic E-state index is 0.0156. The van der Waals surface area contributed by atoms with Crippen LogP contribution in [0.2, 0.25) is 10.0 Å². The molecule has 1 fully saturated rings. The maximum Gasteiger partial charge on any atom is 0.337 e. The average Bonchev–Trinajstić information content (AvgIpc) is 3.05. The molecule has 1 amide bonds. The Labute approximate surface area is 187 Å². The fraction of sp³-hybridized carbons (Fsp3) is 0.478. The zero-order valence-corrected chi connectivity index (χ0v) is 18.7. The van der Waals surface area contributed by atoms with E-state index in [2.05, 4.69) is 4.57 Å². The van der Waals surface area contributed by atoms with E-state index in [0.717, 1.165) is 17.7 Å². The van der Waals surface area contributed by atoms with Crippen molar-refractivity contribution in [3.05, 3.63) is 45.6 Å². The van der Waals surface area contributed by atoms with Crippen LogP contribution < -0.4 is 5.73 Å². The van der Waals surface area contributed by atoms with E-state index in [0.29, 0.717) is 28.1 Å². The lowest BCUT2D eigenvalue weighted by Crippen LogP contribution is -2.21. The lowest BCUT2D eigenvalue weighted by molar-refractivity contribution is -0.118. The highest BCUT2D eigenvalue weighted by molar-refractivity contribution is 6.42. The van der Waals surface area contributed by atoms with Crippen LogP contribution in [-0.2, 0) is 4.79 Å². The van der Waals surface area contributed by atoms with Crippen LogP contribution in [0.25, 0.3) is 11.3 Å². The van der Waals surface area contributed by atoms with Crippen molar-refractivity contribution in [1.29, 1.82) is 0 Å². The Morgan fingerprint density at radius 3 is 2.47 bits per heavy atom. The standard InChI is InChI=1S/C23H28Cl2N2O3/c1-14-18(23(29)30)13-21(16-7-9-19(24)20(25)12-16)27(14)17(8-10-22(26)28)11-15-5-3-2-4-6-15/h7,9,12-13,15,17H,2-6,8,10-11H2,1H3,(H2,26,28)(H,29,30). The highest BCUT2D eigenvalue weighted by Gasteiger charge is 2.27. The minimum atomic E-state index is -0.973. The number of carboxylic acids is 1. The van der Waals surface area contributed by atoms with Gasteiger partial charge in [-0.25, -0.2) is 4.79 Å². The number of nitrogens with two attached hydrogens (primary N) is 1. The number of aromatic nitrogens is 1. The molecule has 1 atom stereocenters. The van der Waals surface area contributed by atoms with Gasteiger partial charge in [0, 0.05) is 23.9 Å². The second-order valence-corrected chi connectivity index (χ2v) is 9.05. The van der Waals surface area contributed by atoms with Crippen LogP contribution in [0.4, 0.5) is 0 Å². The molecule has 7 heteroatoms. The first-order valence-electron chi connectivity index (χ1n) is 10.5. The Bertz CT molecular complexity index is 933. The summed E-state index contributed by atoms with van der Waals surface area (Å²) in [6.45, 7) is 1.82. The number of carbonyl (C=O) groups is 2. The van der Waals surface area contributed by atoms with Crippen LogP contribution in [0.3, 0.4) is 0 Å². The lowest BCUT2D eigenvalue weighted by Gasteiger charge is -2.30. The van der Waals surface area contributed by atoms with Crippen LogP contribution >= 0.6 is 23.2 Å². The molecule has 3 N–H and O–H groups in total. The predicted molar refractivity (Wildman–Crippen MR) is 120 cm³/mol. The molecule has 1 aromatic carbocycles. The summed E-state index contributed by atoms with van der Waals surface area (Å²) in [5.74, 6) is -0.754. The Morgan fingerprint density at radius 2 is 1.87 bits per heavy atom. The van der Waals surface area contributed by atoms with Gasteiger partial charge in [-0.3, -0.25) is 4.79 Å². The minimum Gasteiger partial charge on any atom is -0.478 e. The van der Waals surface area contributed by atoms with E-state index in [1.54, 1.807) is 18.2 Å². The molecule has 0 radical (unpaired) electrons. The number of carbonyl (C=O) groups excluding carboxylic acids is 1. The first-order valence-corrected chi connectivity index (χ1v) is 11.2. The van der Waals surface area contributed by atoms with Gasteiger partial charge in [-0.2, -0.15) is 0 Å². The van der Waals surface area contributed by atoms with E-state index >= 15 is 0 Å². The van der Waals surface area contributed by atoms with Gasteiger partial charge in [-0.15, -0.1) is 0 Å². The zero-order valence-electron chi connectivity index (χ0n) is 17.2. The summed E-state index contributed by atoms with van der Waals surface area (Å²) in [5.41, 5.74) is 7.95. The number of carboxylic acid groups (broad SMARTS) is 1. The molecule has 3 rings (SSSR count). The first kappa shape index (κ1) is 22.7. The molecule has 162 valence electrons. The number of hydrogen-bond acceptors (Lipinski definition) is 2. The van der Waals surface area contributed by atoms with Crippen LogP contribution in [0.1, 0.15) is 73.5 Å². The van der Waals surface area contributed by atoms with E-state index in [4.69, 9.17) is 28.9 Å². The van der Waals surface area contributed by atoms with E-state index < -0.39 is 5.97 Å². The number of benzene rings is 1. The molecule has 1 heterocycles. The number of amides is 1. The Kier molecular flexibility index (Phi) is 7.48. The van der Waals surface area contributed by atoms with Crippen LogP contribution in [-0.4, -0.2) is 21.6 Å². The van der Waals surface area contributed by atoms with Gasteiger partial charge in [-0.05, 0) is 49.4 Å². The average molecular weight is 451 g/mol. The number of halogens is 2. The fourth-order valence-corrected chi connectivity index (χ4v) is 4.95. The predicted octanol–water partition coefficient (Wildman–Crippen LogP) is 6.25. The second-order valence-electron chi connectivity index (χ2n) is 8.23.